The molecule has 0 aliphatic carbocycles. The van der Waals surface area contributed by atoms with E-state index in [1.807, 2.05) is 32.0 Å². The standard InChI is InChI=1S/C14H17N3O2/c1-10-8-16(9-11(2)19-10)13-7-14(18)17-6-4-3-5-12(17)15-13/h3-7,10-11H,8-9H2,1-2H3. The van der Waals surface area contributed by atoms with E-state index < -0.39 is 0 Å². The lowest BCUT2D eigenvalue weighted by Gasteiger charge is -2.36. The van der Waals surface area contributed by atoms with Gasteiger partial charge in [-0.25, -0.2) is 4.98 Å². The third-order valence-corrected chi connectivity index (χ3v) is 3.30. The van der Waals surface area contributed by atoms with Gasteiger partial charge in [0, 0.05) is 25.4 Å². The summed E-state index contributed by atoms with van der Waals surface area (Å²) in [4.78, 5) is 18.8. The van der Waals surface area contributed by atoms with Crippen LogP contribution in [-0.2, 0) is 4.74 Å². The fraction of sp³-hybridized carbons (Fsp3) is 0.429. The predicted molar refractivity (Wildman–Crippen MR) is 73.7 cm³/mol. The largest absolute Gasteiger partial charge is 0.372 e. The van der Waals surface area contributed by atoms with Crippen LogP contribution in [-0.4, -0.2) is 34.7 Å². The molecular formula is C14H17N3O2. The minimum absolute atomic E-state index is 0.0487. The fourth-order valence-electron chi connectivity index (χ4n) is 2.57. The zero-order valence-electron chi connectivity index (χ0n) is 11.1. The van der Waals surface area contributed by atoms with Crippen molar-refractivity contribution in [2.75, 3.05) is 18.0 Å². The summed E-state index contributed by atoms with van der Waals surface area (Å²) in [5.41, 5.74) is 0.629. The molecule has 5 nitrogen and oxygen atoms in total. The molecule has 2 aromatic heterocycles. The molecule has 0 N–H and O–H groups in total. The van der Waals surface area contributed by atoms with E-state index >= 15 is 0 Å². The van der Waals surface area contributed by atoms with Crippen LogP contribution in [0, 0.1) is 0 Å². The second-order valence-electron chi connectivity index (χ2n) is 5.04. The monoisotopic (exact) mass is 259 g/mol. The molecule has 0 radical (unpaired) electrons. The van der Waals surface area contributed by atoms with Crippen LogP contribution in [0.15, 0.2) is 35.3 Å². The summed E-state index contributed by atoms with van der Waals surface area (Å²) < 4.78 is 7.26. The lowest BCUT2D eigenvalue weighted by Crippen LogP contribution is -2.46. The van der Waals surface area contributed by atoms with Gasteiger partial charge in [0.05, 0.1) is 12.2 Å². The van der Waals surface area contributed by atoms with Crippen molar-refractivity contribution < 1.29 is 4.74 Å². The molecule has 0 amide bonds. The van der Waals surface area contributed by atoms with E-state index in [1.165, 1.54) is 0 Å². The maximum Gasteiger partial charge on any atom is 0.259 e. The molecule has 2 atom stereocenters. The average Bonchev–Trinajstić information content (AvgIpc) is 2.37. The Morgan fingerprint density at radius 3 is 2.74 bits per heavy atom. The number of rotatable bonds is 1. The molecule has 1 aliphatic heterocycles. The minimum atomic E-state index is -0.0487. The first-order chi connectivity index (χ1) is 9.13. The quantitative estimate of drug-likeness (QED) is 0.774. The number of pyridine rings is 1. The van der Waals surface area contributed by atoms with E-state index in [4.69, 9.17) is 4.74 Å². The van der Waals surface area contributed by atoms with Crippen LogP contribution in [0.5, 0.6) is 0 Å². The molecular weight excluding hydrogens is 242 g/mol. The summed E-state index contributed by atoms with van der Waals surface area (Å²) in [5.74, 6) is 0.734. The van der Waals surface area contributed by atoms with Crippen molar-refractivity contribution in [3.8, 4) is 0 Å². The number of hydrogen-bond acceptors (Lipinski definition) is 4. The summed E-state index contributed by atoms with van der Waals surface area (Å²) in [6, 6.07) is 7.15. The second kappa shape index (κ2) is 4.66. The number of ether oxygens (including phenoxy) is 1. The van der Waals surface area contributed by atoms with Crippen LogP contribution in [0.3, 0.4) is 0 Å². The SMILES string of the molecule is CC1CN(c2cc(=O)n3ccccc3n2)CC(C)O1. The zero-order valence-corrected chi connectivity index (χ0v) is 11.1. The molecule has 0 bridgehead atoms. The Morgan fingerprint density at radius 1 is 1.26 bits per heavy atom. The van der Waals surface area contributed by atoms with Gasteiger partial charge in [-0.1, -0.05) is 6.07 Å². The molecule has 19 heavy (non-hydrogen) atoms. The van der Waals surface area contributed by atoms with Crippen LogP contribution in [0.4, 0.5) is 5.82 Å². The van der Waals surface area contributed by atoms with Crippen molar-refractivity contribution in [3.05, 3.63) is 40.8 Å². The first kappa shape index (κ1) is 12.2. The number of fused-ring (bicyclic) bond motifs is 1. The van der Waals surface area contributed by atoms with Gasteiger partial charge in [0.15, 0.2) is 0 Å². The molecule has 1 saturated heterocycles. The van der Waals surface area contributed by atoms with Gasteiger partial charge < -0.3 is 9.64 Å². The van der Waals surface area contributed by atoms with Gasteiger partial charge >= 0.3 is 0 Å². The third kappa shape index (κ3) is 2.33. The van der Waals surface area contributed by atoms with E-state index in [2.05, 4.69) is 9.88 Å². The van der Waals surface area contributed by atoms with Gasteiger partial charge in [-0.15, -0.1) is 0 Å². The second-order valence-corrected chi connectivity index (χ2v) is 5.04. The van der Waals surface area contributed by atoms with Gasteiger partial charge in [-0.2, -0.15) is 0 Å². The lowest BCUT2D eigenvalue weighted by molar-refractivity contribution is -0.00545. The van der Waals surface area contributed by atoms with Crippen molar-refractivity contribution >= 4 is 11.5 Å². The molecule has 1 aliphatic rings. The van der Waals surface area contributed by atoms with Gasteiger partial charge in [0.1, 0.15) is 11.5 Å². The molecule has 0 saturated carbocycles. The maximum atomic E-state index is 12.1. The molecule has 5 heteroatoms. The van der Waals surface area contributed by atoms with Crippen molar-refractivity contribution in [2.24, 2.45) is 0 Å². The minimum Gasteiger partial charge on any atom is -0.372 e. The van der Waals surface area contributed by atoms with E-state index in [9.17, 15) is 4.79 Å². The molecule has 0 spiro atoms. The van der Waals surface area contributed by atoms with E-state index in [0.717, 1.165) is 18.9 Å². The highest BCUT2D eigenvalue weighted by atomic mass is 16.5. The van der Waals surface area contributed by atoms with E-state index in [0.29, 0.717) is 5.65 Å². The third-order valence-electron chi connectivity index (χ3n) is 3.30. The van der Waals surface area contributed by atoms with Gasteiger partial charge in [0.25, 0.3) is 5.56 Å². The highest BCUT2D eigenvalue weighted by molar-refractivity contribution is 5.48. The highest BCUT2D eigenvalue weighted by Crippen LogP contribution is 2.17. The Balaban J connectivity index is 2.03. The van der Waals surface area contributed by atoms with Crippen LogP contribution in [0.1, 0.15) is 13.8 Å². The van der Waals surface area contributed by atoms with E-state index in [-0.39, 0.29) is 17.8 Å². The molecule has 100 valence electrons. The molecule has 0 aromatic carbocycles. The number of nitrogens with zero attached hydrogens (tertiary/aromatic N) is 3. The summed E-state index contributed by atoms with van der Waals surface area (Å²) in [6.45, 7) is 5.60. The Kier molecular flexibility index (Phi) is 2.98. The molecule has 2 unspecified atom stereocenters. The summed E-state index contributed by atoms with van der Waals surface area (Å²) in [5, 5.41) is 0. The Bertz CT molecular complexity index is 642. The summed E-state index contributed by atoms with van der Waals surface area (Å²) in [7, 11) is 0. The average molecular weight is 259 g/mol. The van der Waals surface area contributed by atoms with Crippen molar-refractivity contribution in [2.45, 2.75) is 26.1 Å². The molecule has 1 fully saturated rings. The first-order valence-electron chi connectivity index (χ1n) is 6.52. The van der Waals surface area contributed by atoms with Gasteiger partial charge in [-0.05, 0) is 26.0 Å². The summed E-state index contributed by atoms with van der Waals surface area (Å²) >= 11 is 0. The Labute approximate surface area is 111 Å². The van der Waals surface area contributed by atoms with Gasteiger partial charge in [-0.3, -0.25) is 9.20 Å². The van der Waals surface area contributed by atoms with Crippen molar-refractivity contribution in [1.29, 1.82) is 0 Å². The van der Waals surface area contributed by atoms with E-state index in [1.54, 1.807) is 16.7 Å². The fourth-order valence-corrected chi connectivity index (χ4v) is 2.57. The van der Waals surface area contributed by atoms with Crippen molar-refractivity contribution in [3.63, 3.8) is 0 Å². The number of anilines is 1. The smallest absolute Gasteiger partial charge is 0.259 e. The number of aromatic nitrogens is 2. The highest BCUT2D eigenvalue weighted by Gasteiger charge is 2.23. The first-order valence-corrected chi connectivity index (χ1v) is 6.52. The lowest BCUT2D eigenvalue weighted by atomic mass is 10.2. The van der Waals surface area contributed by atoms with Crippen LogP contribution in [0.25, 0.3) is 5.65 Å². The predicted octanol–water partition coefficient (Wildman–Crippen LogP) is 1.31. The number of hydrogen-bond donors (Lipinski definition) is 0. The topological polar surface area (TPSA) is 46.8 Å². The Morgan fingerprint density at radius 2 is 2.00 bits per heavy atom. The van der Waals surface area contributed by atoms with Crippen LogP contribution < -0.4 is 10.5 Å². The van der Waals surface area contributed by atoms with Crippen LogP contribution in [0.2, 0.25) is 0 Å². The zero-order chi connectivity index (χ0) is 13.4. The molecule has 2 aromatic rings. The molecule has 3 rings (SSSR count). The van der Waals surface area contributed by atoms with Crippen LogP contribution >= 0.6 is 0 Å². The van der Waals surface area contributed by atoms with Crippen molar-refractivity contribution in [1.82, 2.24) is 9.38 Å². The number of morpholine rings is 1. The summed E-state index contributed by atoms with van der Waals surface area (Å²) in [6.07, 6.45) is 2.04. The molecule has 3 heterocycles. The van der Waals surface area contributed by atoms with Gasteiger partial charge in [0.2, 0.25) is 0 Å². The maximum absolute atomic E-state index is 12.1. The normalized spacial score (nSPS) is 23.8. The Hall–Kier alpha value is -1.88.